The van der Waals surface area contributed by atoms with E-state index in [4.69, 9.17) is 6.42 Å². The summed E-state index contributed by atoms with van der Waals surface area (Å²) < 4.78 is 0. The first-order valence-corrected chi connectivity index (χ1v) is 10.1. The van der Waals surface area contributed by atoms with Crippen LogP contribution >= 0.6 is 0 Å². The zero-order valence-electron chi connectivity index (χ0n) is 17.1. The minimum Gasteiger partial charge on any atom is -0.342 e. The molecule has 148 valence electrons. The lowest BCUT2D eigenvalue weighted by atomic mass is 10.0. The molecule has 0 saturated heterocycles. The number of hydrogen-bond donors (Lipinski definition) is 2. The Morgan fingerprint density at radius 2 is 1.52 bits per heavy atom. The lowest BCUT2D eigenvalue weighted by Crippen LogP contribution is -2.52. The predicted molar refractivity (Wildman–Crippen MR) is 112 cm³/mol. The summed E-state index contributed by atoms with van der Waals surface area (Å²) in [6.45, 7) is 5.64. The first-order chi connectivity index (χ1) is 12.9. The summed E-state index contributed by atoms with van der Waals surface area (Å²) in [4.78, 5) is 24.6. The number of unbranched alkanes of at least 4 members (excludes halogenated alkanes) is 7. The summed E-state index contributed by atoms with van der Waals surface area (Å²) in [7, 11) is 0. The highest BCUT2D eigenvalue weighted by Crippen LogP contribution is 2.13. The Hall–Kier alpha value is -2.28. The van der Waals surface area contributed by atoms with Gasteiger partial charge < -0.3 is 10.6 Å². The fourth-order valence-electron chi connectivity index (χ4n) is 2.82. The molecule has 0 bridgehead atoms. The van der Waals surface area contributed by atoms with Gasteiger partial charge in [0.15, 0.2) is 0 Å². The van der Waals surface area contributed by atoms with E-state index in [1.807, 2.05) is 0 Å². The number of benzene rings is 1. The van der Waals surface area contributed by atoms with Gasteiger partial charge in [-0.2, -0.15) is 0 Å². The van der Waals surface area contributed by atoms with Crippen molar-refractivity contribution in [1.82, 2.24) is 5.32 Å². The molecule has 0 atom stereocenters. The lowest BCUT2D eigenvalue weighted by molar-refractivity contribution is -0.129. The molecule has 0 radical (unpaired) electrons. The van der Waals surface area contributed by atoms with E-state index in [0.29, 0.717) is 12.1 Å². The molecule has 0 fully saturated rings. The van der Waals surface area contributed by atoms with Crippen molar-refractivity contribution in [3.8, 4) is 12.3 Å². The Labute approximate surface area is 164 Å². The van der Waals surface area contributed by atoms with Gasteiger partial charge in [0.2, 0.25) is 11.8 Å². The number of amides is 2. The number of anilines is 1. The van der Waals surface area contributed by atoms with Gasteiger partial charge in [0.25, 0.3) is 0 Å². The third-order valence-corrected chi connectivity index (χ3v) is 4.59. The van der Waals surface area contributed by atoms with Crippen LogP contribution in [0.1, 0.15) is 84.1 Å². The molecule has 0 aliphatic carbocycles. The molecule has 0 saturated carbocycles. The van der Waals surface area contributed by atoms with E-state index in [2.05, 4.69) is 23.5 Å². The molecule has 0 spiro atoms. The lowest BCUT2D eigenvalue weighted by Gasteiger charge is -2.25. The van der Waals surface area contributed by atoms with Crippen molar-refractivity contribution in [2.24, 2.45) is 0 Å². The maximum Gasteiger partial charge on any atom is 0.249 e. The smallest absolute Gasteiger partial charge is 0.249 e. The van der Waals surface area contributed by atoms with Gasteiger partial charge >= 0.3 is 0 Å². The van der Waals surface area contributed by atoms with Crippen LogP contribution in [0.25, 0.3) is 0 Å². The average Bonchev–Trinajstić information content (AvgIpc) is 2.64. The summed E-state index contributed by atoms with van der Waals surface area (Å²) >= 11 is 0. The zero-order chi connectivity index (χ0) is 20.1. The van der Waals surface area contributed by atoms with Gasteiger partial charge in [-0.1, -0.05) is 57.8 Å². The minimum atomic E-state index is -0.970. The monoisotopic (exact) mass is 370 g/mol. The Morgan fingerprint density at radius 3 is 2.07 bits per heavy atom. The van der Waals surface area contributed by atoms with E-state index in [9.17, 15) is 9.59 Å². The van der Waals surface area contributed by atoms with Gasteiger partial charge in [-0.3, -0.25) is 9.59 Å². The molecule has 1 aromatic carbocycles. The van der Waals surface area contributed by atoms with Gasteiger partial charge in [-0.05, 0) is 44.5 Å². The molecular weight excluding hydrogens is 336 g/mol. The van der Waals surface area contributed by atoms with Crippen LogP contribution in [0.15, 0.2) is 24.3 Å². The molecule has 27 heavy (non-hydrogen) atoms. The van der Waals surface area contributed by atoms with Crippen molar-refractivity contribution in [3.63, 3.8) is 0 Å². The van der Waals surface area contributed by atoms with E-state index < -0.39 is 5.54 Å². The van der Waals surface area contributed by atoms with Gasteiger partial charge in [-0.25, -0.2) is 0 Å². The second kappa shape index (κ2) is 12.2. The maximum absolute atomic E-state index is 12.5. The number of nitrogens with one attached hydrogen (secondary N) is 2. The molecule has 2 amide bonds. The van der Waals surface area contributed by atoms with E-state index in [-0.39, 0.29) is 11.8 Å². The summed E-state index contributed by atoms with van der Waals surface area (Å²) in [5.74, 6) is 2.21. The summed E-state index contributed by atoms with van der Waals surface area (Å²) in [6, 6.07) is 7.05. The maximum atomic E-state index is 12.5. The molecule has 2 N–H and O–H groups in total. The van der Waals surface area contributed by atoms with E-state index in [1.165, 1.54) is 38.5 Å². The normalized spacial score (nSPS) is 10.9. The highest BCUT2D eigenvalue weighted by Gasteiger charge is 2.29. The fourth-order valence-corrected chi connectivity index (χ4v) is 2.82. The SMILES string of the molecule is C#Cc1ccc(NC(=O)C(C)(C)NC(=O)CCCCCCCCCC)cc1. The van der Waals surface area contributed by atoms with Crippen LogP contribution in [0.4, 0.5) is 5.69 Å². The van der Waals surface area contributed by atoms with Gasteiger partial charge in [0.1, 0.15) is 5.54 Å². The second-order valence-corrected chi connectivity index (χ2v) is 7.57. The van der Waals surface area contributed by atoms with Crippen molar-refractivity contribution >= 4 is 17.5 Å². The Morgan fingerprint density at radius 1 is 0.963 bits per heavy atom. The molecule has 0 aliphatic rings. The van der Waals surface area contributed by atoms with Crippen LogP contribution in [0.2, 0.25) is 0 Å². The summed E-state index contributed by atoms with van der Waals surface area (Å²) in [5, 5.41) is 5.65. The van der Waals surface area contributed by atoms with E-state index >= 15 is 0 Å². The quantitative estimate of drug-likeness (QED) is 0.400. The molecule has 0 aromatic heterocycles. The molecule has 1 rings (SSSR count). The molecule has 4 nitrogen and oxygen atoms in total. The average molecular weight is 371 g/mol. The molecular formula is C23H34N2O2. The molecule has 0 unspecified atom stereocenters. The number of carbonyl (C=O) groups is 2. The van der Waals surface area contributed by atoms with Gasteiger partial charge in [-0.15, -0.1) is 6.42 Å². The van der Waals surface area contributed by atoms with E-state index in [0.717, 1.165) is 18.4 Å². The van der Waals surface area contributed by atoms with E-state index in [1.54, 1.807) is 38.1 Å². The van der Waals surface area contributed by atoms with Crippen molar-refractivity contribution < 1.29 is 9.59 Å². The first kappa shape index (κ1) is 22.8. The third kappa shape index (κ3) is 9.28. The first-order valence-electron chi connectivity index (χ1n) is 10.1. The predicted octanol–water partition coefficient (Wildman–Crippen LogP) is 5.03. The standard InChI is InChI=1S/C23H34N2O2/c1-5-7-8-9-10-11-12-13-14-21(26)25-23(3,4)22(27)24-20-17-15-19(6-2)16-18-20/h2,15-18H,5,7-14H2,1,3-4H3,(H,24,27)(H,25,26). The Kier molecular flexibility index (Phi) is 10.3. The second-order valence-electron chi connectivity index (χ2n) is 7.57. The van der Waals surface area contributed by atoms with Crippen LogP contribution in [-0.2, 0) is 9.59 Å². The Bertz CT molecular complexity index is 627. The summed E-state index contributed by atoms with van der Waals surface area (Å²) in [6.07, 6.45) is 15.3. The fraction of sp³-hybridized carbons (Fsp3) is 0.565. The van der Waals surface area contributed by atoms with Crippen LogP contribution in [0.5, 0.6) is 0 Å². The number of hydrogen-bond acceptors (Lipinski definition) is 2. The summed E-state index contributed by atoms with van der Waals surface area (Å²) in [5.41, 5.74) is 0.442. The number of carbonyl (C=O) groups excluding carboxylic acids is 2. The van der Waals surface area contributed by atoms with Gasteiger partial charge in [0, 0.05) is 17.7 Å². The van der Waals surface area contributed by atoms with Crippen molar-refractivity contribution in [2.45, 2.75) is 84.1 Å². The topological polar surface area (TPSA) is 58.2 Å². The Balaban J connectivity index is 2.30. The molecule has 1 aromatic rings. The number of rotatable bonds is 12. The van der Waals surface area contributed by atoms with Crippen LogP contribution < -0.4 is 10.6 Å². The largest absolute Gasteiger partial charge is 0.342 e. The van der Waals surface area contributed by atoms with Crippen molar-refractivity contribution in [1.29, 1.82) is 0 Å². The zero-order valence-corrected chi connectivity index (χ0v) is 17.1. The van der Waals surface area contributed by atoms with Gasteiger partial charge in [0.05, 0.1) is 0 Å². The molecule has 0 heterocycles. The van der Waals surface area contributed by atoms with Crippen LogP contribution in [0.3, 0.4) is 0 Å². The highest BCUT2D eigenvalue weighted by molar-refractivity contribution is 5.99. The van der Waals surface area contributed by atoms with Crippen LogP contribution in [0, 0.1) is 12.3 Å². The third-order valence-electron chi connectivity index (χ3n) is 4.59. The van der Waals surface area contributed by atoms with Crippen molar-refractivity contribution in [3.05, 3.63) is 29.8 Å². The highest BCUT2D eigenvalue weighted by atomic mass is 16.2. The van der Waals surface area contributed by atoms with Crippen molar-refractivity contribution in [2.75, 3.05) is 5.32 Å². The van der Waals surface area contributed by atoms with Crippen LogP contribution in [-0.4, -0.2) is 17.4 Å². The molecule has 4 heteroatoms. The molecule has 0 aliphatic heterocycles. The minimum absolute atomic E-state index is 0.0798. The number of terminal acetylenes is 1.